The fraction of sp³-hybridized carbons (Fsp3) is 0.797. The zero-order chi connectivity index (χ0) is 57.9. The summed E-state index contributed by atoms with van der Waals surface area (Å²) in [5.74, 6) is -0.525. The van der Waals surface area contributed by atoms with Crippen LogP contribution in [0.1, 0.15) is 303 Å². The van der Waals surface area contributed by atoms with E-state index in [0.717, 1.165) is 83.5 Å². The molecule has 0 rings (SSSR count). The molecule has 0 heterocycles. The number of phosphoric acid groups is 1. The van der Waals surface area contributed by atoms with Crippen molar-refractivity contribution in [3.63, 3.8) is 0 Å². The highest BCUT2D eigenvalue weighted by Crippen LogP contribution is 2.43. The number of ether oxygens (including phenoxy) is 1. The largest absolute Gasteiger partial charge is 0.472 e. The SMILES string of the molecule is CCCCC/C=C\C/C=C\C/C=C\CCCCCCC(=O)OC(/C=C\CCCCCCCCCCC)C(COP(=O)(O)OCC[N+](C)(C)C)NC(=O)CCCCCCCCCCCCCCCCC/C=C\C/C=C\CCCCC. The smallest absolute Gasteiger partial charge is 0.456 e. The Labute approximate surface area is 489 Å². The van der Waals surface area contributed by atoms with Crippen molar-refractivity contribution in [2.75, 3.05) is 40.9 Å². The van der Waals surface area contributed by atoms with Gasteiger partial charge in [-0.2, -0.15) is 0 Å². The summed E-state index contributed by atoms with van der Waals surface area (Å²) in [7, 11) is 1.48. The second kappa shape index (κ2) is 58.6. The van der Waals surface area contributed by atoms with Gasteiger partial charge in [-0.05, 0) is 102 Å². The number of esters is 1. The molecule has 1 amide bonds. The van der Waals surface area contributed by atoms with Crippen molar-refractivity contribution in [3.05, 3.63) is 72.9 Å². The van der Waals surface area contributed by atoms with Crippen LogP contribution in [0, 0.1) is 0 Å². The maximum Gasteiger partial charge on any atom is 0.472 e. The van der Waals surface area contributed by atoms with E-state index in [1.54, 1.807) is 0 Å². The van der Waals surface area contributed by atoms with Crippen LogP contribution >= 0.6 is 7.82 Å². The molecule has 0 spiro atoms. The van der Waals surface area contributed by atoms with Crippen LogP contribution in [0.25, 0.3) is 0 Å². The molecule has 9 nitrogen and oxygen atoms in total. The lowest BCUT2D eigenvalue weighted by Crippen LogP contribution is -2.47. The Hall–Kier alpha value is -2.55. The number of phosphoric ester groups is 1. The van der Waals surface area contributed by atoms with Crippen molar-refractivity contribution in [3.8, 4) is 0 Å². The molecule has 0 aromatic rings. The quantitative estimate of drug-likeness (QED) is 0.0205. The lowest BCUT2D eigenvalue weighted by atomic mass is 10.0. The highest BCUT2D eigenvalue weighted by atomic mass is 31.2. The maximum absolute atomic E-state index is 13.6. The summed E-state index contributed by atoms with van der Waals surface area (Å²) in [6.07, 6.45) is 76.2. The molecule has 79 heavy (non-hydrogen) atoms. The van der Waals surface area contributed by atoms with Crippen molar-refractivity contribution in [1.29, 1.82) is 0 Å². The molecular formula is C69H128N2O7P+. The Morgan fingerprint density at radius 1 is 0.443 bits per heavy atom. The summed E-state index contributed by atoms with van der Waals surface area (Å²) >= 11 is 0. The number of unbranched alkanes of at least 4 members (excludes halogenated alkanes) is 34. The molecule has 0 radical (unpaired) electrons. The Balaban J connectivity index is 5.09. The number of amides is 1. The van der Waals surface area contributed by atoms with Gasteiger partial charge in [0.1, 0.15) is 19.3 Å². The topological polar surface area (TPSA) is 111 Å². The molecule has 460 valence electrons. The van der Waals surface area contributed by atoms with Crippen LogP contribution in [0.5, 0.6) is 0 Å². The zero-order valence-electron chi connectivity index (χ0n) is 52.6. The first-order valence-corrected chi connectivity index (χ1v) is 34.8. The van der Waals surface area contributed by atoms with Gasteiger partial charge in [-0.15, -0.1) is 0 Å². The standard InChI is InChI=1S/C69H127N2O7P/c1-7-10-13-16-19-22-25-27-29-31-32-33-34-35-36-37-38-40-41-43-46-49-52-55-58-61-68(72)70-66(65-77-79(74,75)76-64-63-71(4,5)6)67(60-57-54-51-48-45-24-21-18-15-12-9-3)78-69(73)62-59-56-53-50-47-44-42-39-30-28-26-23-20-17-14-11-8-2/h19-20,22-23,27-30,42,44,57,60,66-67H,7-18,21,24-26,31-41,43,45-56,58-59,61-65H2,1-6H3,(H-,70,72,74,75)/p+1/b22-19-,23-20-,29-27-,30-28-,44-42-,60-57-. The number of carbonyl (C=O) groups is 2. The second-order valence-corrected chi connectivity index (χ2v) is 25.1. The van der Waals surface area contributed by atoms with E-state index in [1.807, 2.05) is 33.3 Å². The summed E-state index contributed by atoms with van der Waals surface area (Å²) in [4.78, 5) is 37.8. The van der Waals surface area contributed by atoms with Gasteiger partial charge in [-0.3, -0.25) is 18.6 Å². The lowest BCUT2D eigenvalue weighted by Gasteiger charge is -2.27. The van der Waals surface area contributed by atoms with Gasteiger partial charge in [0, 0.05) is 12.8 Å². The van der Waals surface area contributed by atoms with Gasteiger partial charge in [0.15, 0.2) is 0 Å². The van der Waals surface area contributed by atoms with Crippen molar-refractivity contribution < 1.29 is 37.3 Å². The van der Waals surface area contributed by atoms with Crippen molar-refractivity contribution in [1.82, 2.24) is 5.32 Å². The average molecular weight is 1130 g/mol. The van der Waals surface area contributed by atoms with E-state index in [4.69, 9.17) is 13.8 Å². The Morgan fingerprint density at radius 2 is 0.772 bits per heavy atom. The van der Waals surface area contributed by atoms with Crippen molar-refractivity contribution >= 4 is 19.7 Å². The van der Waals surface area contributed by atoms with Gasteiger partial charge in [-0.1, -0.05) is 261 Å². The minimum Gasteiger partial charge on any atom is -0.456 e. The second-order valence-electron chi connectivity index (χ2n) is 23.6. The highest BCUT2D eigenvalue weighted by molar-refractivity contribution is 7.47. The summed E-state index contributed by atoms with van der Waals surface area (Å²) in [6.45, 7) is 6.96. The van der Waals surface area contributed by atoms with Gasteiger partial charge in [0.05, 0.1) is 33.8 Å². The molecule has 0 aliphatic rings. The third-order valence-electron chi connectivity index (χ3n) is 14.6. The van der Waals surface area contributed by atoms with Crippen LogP contribution in [0.3, 0.4) is 0 Å². The van der Waals surface area contributed by atoms with Gasteiger partial charge >= 0.3 is 13.8 Å². The molecule has 0 aliphatic heterocycles. The number of rotatable bonds is 60. The van der Waals surface area contributed by atoms with E-state index >= 15 is 0 Å². The Bertz CT molecular complexity index is 1580. The van der Waals surface area contributed by atoms with Crippen LogP contribution in [0.4, 0.5) is 0 Å². The summed E-state index contributed by atoms with van der Waals surface area (Å²) < 4.78 is 30.7. The number of hydrogen-bond donors (Lipinski definition) is 2. The maximum atomic E-state index is 13.6. The Morgan fingerprint density at radius 3 is 1.18 bits per heavy atom. The van der Waals surface area contributed by atoms with Gasteiger partial charge in [0.25, 0.3) is 0 Å². The summed E-state index contributed by atoms with van der Waals surface area (Å²) in [6, 6.07) is -0.859. The molecule has 0 bridgehead atoms. The molecule has 10 heteroatoms. The molecule has 0 saturated carbocycles. The van der Waals surface area contributed by atoms with Crippen LogP contribution in [0.15, 0.2) is 72.9 Å². The molecule has 0 saturated heterocycles. The van der Waals surface area contributed by atoms with E-state index in [2.05, 4.69) is 86.8 Å². The van der Waals surface area contributed by atoms with Crippen molar-refractivity contribution in [2.24, 2.45) is 0 Å². The van der Waals surface area contributed by atoms with Crippen LogP contribution in [0.2, 0.25) is 0 Å². The van der Waals surface area contributed by atoms with Crippen LogP contribution in [-0.2, 0) is 27.9 Å². The summed E-state index contributed by atoms with van der Waals surface area (Å²) in [5.41, 5.74) is 0. The van der Waals surface area contributed by atoms with Crippen LogP contribution in [-0.4, -0.2) is 74.3 Å². The van der Waals surface area contributed by atoms with E-state index in [-0.39, 0.29) is 31.5 Å². The van der Waals surface area contributed by atoms with E-state index in [0.29, 0.717) is 23.9 Å². The molecule has 0 fully saturated rings. The fourth-order valence-electron chi connectivity index (χ4n) is 9.45. The first-order chi connectivity index (χ1) is 38.4. The number of quaternary nitrogens is 1. The number of allylic oxidation sites excluding steroid dienone is 11. The number of carbonyl (C=O) groups excluding carboxylic acids is 2. The first kappa shape index (κ1) is 76.5. The minimum atomic E-state index is -4.46. The highest BCUT2D eigenvalue weighted by Gasteiger charge is 2.30. The third-order valence-corrected chi connectivity index (χ3v) is 15.6. The molecule has 3 atom stereocenters. The van der Waals surface area contributed by atoms with E-state index in [9.17, 15) is 19.0 Å². The Kier molecular flexibility index (Phi) is 56.7. The van der Waals surface area contributed by atoms with Gasteiger partial charge in [0.2, 0.25) is 5.91 Å². The van der Waals surface area contributed by atoms with E-state index in [1.165, 1.54) is 180 Å². The number of hydrogen-bond acceptors (Lipinski definition) is 6. The lowest BCUT2D eigenvalue weighted by molar-refractivity contribution is -0.870. The number of likely N-dealkylation sites (N-methyl/N-ethyl adjacent to an activating group) is 1. The number of nitrogens with zero attached hydrogens (tertiary/aromatic N) is 1. The molecule has 0 aromatic heterocycles. The molecule has 3 unspecified atom stereocenters. The predicted octanol–water partition coefficient (Wildman–Crippen LogP) is 20.8. The predicted molar refractivity (Wildman–Crippen MR) is 341 cm³/mol. The van der Waals surface area contributed by atoms with Crippen LogP contribution < -0.4 is 5.32 Å². The summed E-state index contributed by atoms with van der Waals surface area (Å²) in [5, 5.41) is 3.06. The molecule has 0 aliphatic carbocycles. The monoisotopic (exact) mass is 1130 g/mol. The molecular weight excluding hydrogens is 1000 g/mol. The third kappa shape index (κ3) is 59.9. The minimum absolute atomic E-state index is 0.0351. The van der Waals surface area contributed by atoms with E-state index < -0.39 is 20.0 Å². The average Bonchev–Trinajstić information content (AvgIpc) is 3.41. The molecule has 2 N–H and O–H groups in total. The normalized spacial score (nSPS) is 14.1. The number of nitrogens with one attached hydrogen (secondary N) is 1. The zero-order valence-corrected chi connectivity index (χ0v) is 53.5. The van der Waals surface area contributed by atoms with Gasteiger partial charge < -0.3 is 19.4 Å². The van der Waals surface area contributed by atoms with Crippen molar-refractivity contribution in [2.45, 2.75) is 315 Å². The molecule has 0 aromatic carbocycles. The van der Waals surface area contributed by atoms with Gasteiger partial charge in [-0.25, -0.2) is 4.57 Å². The first-order valence-electron chi connectivity index (χ1n) is 33.3. The fourth-order valence-corrected chi connectivity index (χ4v) is 10.2.